The molecule has 1 saturated carbocycles. The maximum atomic E-state index is 13.2. The van der Waals surface area contributed by atoms with Crippen LogP contribution in [-0.4, -0.2) is 29.3 Å². The molecule has 0 heterocycles. The molecule has 5 nitrogen and oxygen atoms in total. The van der Waals surface area contributed by atoms with E-state index < -0.39 is 6.04 Å². The monoisotopic (exact) mass is 427 g/mol. The van der Waals surface area contributed by atoms with Crippen LogP contribution in [0, 0.1) is 23.7 Å². The Kier molecular flexibility index (Phi) is 8.59. The summed E-state index contributed by atoms with van der Waals surface area (Å²) in [5, 5.41) is 3.34. The first-order chi connectivity index (χ1) is 13.2. The van der Waals surface area contributed by atoms with Crippen LogP contribution in [0.1, 0.15) is 51.6 Å². The zero-order valence-corrected chi connectivity index (χ0v) is 18.3. The number of carbonyl (C=O) groups is 2. The van der Waals surface area contributed by atoms with E-state index in [1.54, 1.807) is 6.07 Å². The van der Waals surface area contributed by atoms with Gasteiger partial charge in [-0.2, -0.15) is 0 Å². The maximum Gasteiger partial charge on any atom is 0.240 e. The predicted molar refractivity (Wildman–Crippen MR) is 114 cm³/mol. The molecule has 0 unspecified atom stereocenters. The van der Waals surface area contributed by atoms with E-state index in [2.05, 4.69) is 26.1 Å². The quantitative estimate of drug-likeness (QED) is 0.641. The van der Waals surface area contributed by atoms with Crippen LogP contribution in [0.5, 0.6) is 0 Å². The number of halogens is 2. The lowest BCUT2D eigenvalue weighted by Gasteiger charge is -2.38. The van der Waals surface area contributed by atoms with E-state index in [9.17, 15) is 9.59 Å². The van der Waals surface area contributed by atoms with E-state index in [1.807, 2.05) is 18.2 Å². The van der Waals surface area contributed by atoms with E-state index in [-0.39, 0.29) is 30.8 Å². The summed E-state index contributed by atoms with van der Waals surface area (Å²) in [6, 6.07) is 6.69. The van der Waals surface area contributed by atoms with Gasteiger partial charge in [0.2, 0.25) is 11.8 Å². The summed E-state index contributed by atoms with van der Waals surface area (Å²) < 4.78 is 1.23. The Morgan fingerprint density at radius 3 is 2.57 bits per heavy atom. The fraction of sp³-hybridized carbons (Fsp3) is 0.619. The zero-order valence-electron chi connectivity index (χ0n) is 16.8. The zero-order chi connectivity index (χ0) is 20.8. The van der Waals surface area contributed by atoms with E-state index in [4.69, 9.17) is 29.1 Å². The van der Waals surface area contributed by atoms with Crippen molar-refractivity contribution in [2.24, 2.45) is 29.4 Å². The summed E-state index contributed by atoms with van der Waals surface area (Å²) in [6.45, 7) is 6.49. The number of rotatable bonds is 7. The molecule has 0 aliphatic heterocycles. The van der Waals surface area contributed by atoms with Gasteiger partial charge in [-0.25, -0.2) is 0 Å². The molecule has 1 aliphatic carbocycles. The molecule has 7 heteroatoms. The first-order valence-corrected chi connectivity index (χ1v) is 10.7. The van der Waals surface area contributed by atoms with Gasteiger partial charge in [-0.05, 0) is 42.2 Å². The Morgan fingerprint density at radius 1 is 1.29 bits per heavy atom. The SMILES string of the molecule is CC(C)[C@@H]1CC[C@@H](C)C[C@H]1C(=O)N(Cl)C[C@@H](NC(=O)CN)c1ccccc1Cl. The molecule has 0 spiro atoms. The topological polar surface area (TPSA) is 75.4 Å². The molecule has 0 radical (unpaired) electrons. The molecular weight excluding hydrogens is 397 g/mol. The van der Waals surface area contributed by atoms with Crippen LogP contribution >= 0.6 is 23.4 Å². The van der Waals surface area contributed by atoms with Gasteiger partial charge in [0.05, 0.1) is 19.1 Å². The van der Waals surface area contributed by atoms with Gasteiger partial charge in [-0.1, -0.05) is 57.0 Å². The van der Waals surface area contributed by atoms with Gasteiger partial charge in [0.25, 0.3) is 0 Å². The Bertz CT molecular complexity index is 683. The van der Waals surface area contributed by atoms with Gasteiger partial charge in [0, 0.05) is 22.7 Å². The second-order valence-corrected chi connectivity index (χ2v) is 8.98. The van der Waals surface area contributed by atoms with Crippen LogP contribution in [0.4, 0.5) is 0 Å². The van der Waals surface area contributed by atoms with Crippen LogP contribution in [0.15, 0.2) is 24.3 Å². The van der Waals surface area contributed by atoms with Gasteiger partial charge in [-0.15, -0.1) is 0 Å². The van der Waals surface area contributed by atoms with Crippen molar-refractivity contribution in [3.05, 3.63) is 34.9 Å². The minimum absolute atomic E-state index is 0.0778. The normalized spacial score (nSPS) is 23.3. The summed E-state index contributed by atoms with van der Waals surface area (Å²) in [5.74, 6) is 0.744. The highest BCUT2D eigenvalue weighted by atomic mass is 35.5. The average molecular weight is 428 g/mol. The third-order valence-corrected chi connectivity index (χ3v) is 6.37. The van der Waals surface area contributed by atoms with Gasteiger partial charge in [-0.3, -0.25) is 14.0 Å². The van der Waals surface area contributed by atoms with E-state index >= 15 is 0 Å². The summed E-state index contributed by atoms with van der Waals surface area (Å²) >= 11 is 12.8. The number of nitrogens with zero attached hydrogens (tertiary/aromatic N) is 1. The molecule has 4 atom stereocenters. The molecule has 0 saturated heterocycles. The molecule has 28 heavy (non-hydrogen) atoms. The van der Waals surface area contributed by atoms with Crippen LogP contribution in [0.2, 0.25) is 5.02 Å². The molecule has 1 fully saturated rings. The highest BCUT2D eigenvalue weighted by molar-refractivity contribution is 6.31. The van der Waals surface area contributed by atoms with Gasteiger partial charge in [0.1, 0.15) is 0 Å². The largest absolute Gasteiger partial charge is 0.346 e. The molecule has 1 aromatic carbocycles. The van der Waals surface area contributed by atoms with Gasteiger partial charge in [0.15, 0.2) is 0 Å². The number of nitrogens with two attached hydrogens (primary N) is 1. The van der Waals surface area contributed by atoms with Crippen LogP contribution in [-0.2, 0) is 9.59 Å². The fourth-order valence-corrected chi connectivity index (χ4v) is 4.68. The summed E-state index contributed by atoms with van der Waals surface area (Å²) in [6.07, 6.45) is 3.03. The number of carbonyl (C=O) groups excluding carboxylic acids is 2. The van der Waals surface area contributed by atoms with E-state index in [1.165, 1.54) is 4.42 Å². The number of nitrogens with one attached hydrogen (secondary N) is 1. The lowest BCUT2D eigenvalue weighted by Crippen LogP contribution is -2.43. The smallest absolute Gasteiger partial charge is 0.240 e. The van der Waals surface area contributed by atoms with Crippen LogP contribution in [0.3, 0.4) is 0 Å². The summed E-state index contributed by atoms with van der Waals surface area (Å²) in [4.78, 5) is 25.1. The second kappa shape index (κ2) is 10.5. The third-order valence-electron chi connectivity index (χ3n) is 5.72. The van der Waals surface area contributed by atoms with Crippen molar-refractivity contribution < 1.29 is 9.59 Å². The minimum Gasteiger partial charge on any atom is -0.346 e. The summed E-state index contributed by atoms with van der Waals surface area (Å²) in [7, 11) is 0. The molecule has 0 aromatic heterocycles. The third kappa shape index (κ3) is 5.85. The van der Waals surface area contributed by atoms with E-state index in [0.717, 1.165) is 19.3 Å². The second-order valence-electron chi connectivity index (χ2n) is 8.16. The van der Waals surface area contributed by atoms with Crippen molar-refractivity contribution in [1.29, 1.82) is 0 Å². The van der Waals surface area contributed by atoms with Crippen molar-refractivity contribution in [3.63, 3.8) is 0 Å². The molecular formula is C21H31Cl2N3O2. The maximum absolute atomic E-state index is 13.2. The molecule has 2 rings (SSSR count). The first kappa shape index (κ1) is 23.0. The lowest BCUT2D eigenvalue weighted by molar-refractivity contribution is -0.136. The van der Waals surface area contributed by atoms with Gasteiger partial charge >= 0.3 is 0 Å². The molecule has 1 aromatic rings. The average Bonchev–Trinajstić information content (AvgIpc) is 2.66. The van der Waals surface area contributed by atoms with E-state index in [0.29, 0.717) is 28.3 Å². The Balaban J connectivity index is 2.19. The minimum atomic E-state index is -0.523. The van der Waals surface area contributed by atoms with Crippen molar-refractivity contribution in [2.75, 3.05) is 13.1 Å². The van der Waals surface area contributed by atoms with Crippen molar-refractivity contribution >= 4 is 35.2 Å². The predicted octanol–water partition coefficient (Wildman–Crippen LogP) is 4.15. The lowest BCUT2D eigenvalue weighted by atomic mass is 9.70. The number of hydrogen-bond acceptors (Lipinski definition) is 3. The molecule has 0 bridgehead atoms. The molecule has 3 N–H and O–H groups in total. The summed E-state index contributed by atoms with van der Waals surface area (Å²) in [5.41, 5.74) is 6.16. The number of hydrogen-bond donors (Lipinski definition) is 2. The van der Waals surface area contributed by atoms with Crippen molar-refractivity contribution in [1.82, 2.24) is 9.74 Å². The first-order valence-electron chi connectivity index (χ1n) is 9.95. The number of benzene rings is 1. The molecule has 156 valence electrons. The molecule has 1 aliphatic rings. The van der Waals surface area contributed by atoms with Crippen LogP contribution < -0.4 is 11.1 Å². The Hall–Kier alpha value is -1.30. The van der Waals surface area contributed by atoms with Crippen LogP contribution in [0.25, 0.3) is 0 Å². The van der Waals surface area contributed by atoms with Gasteiger partial charge < -0.3 is 11.1 Å². The fourth-order valence-electron chi connectivity index (χ4n) is 4.15. The standard InChI is InChI=1S/C21H31Cl2N3O2/c1-13(2)15-9-8-14(3)10-17(15)21(28)26(23)12-19(25-20(27)11-24)16-6-4-5-7-18(16)22/h4-7,13-15,17,19H,8-12,24H2,1-3H3,(H,25,27)/t14-,15+,17-,19-/m1/s1. The Labute approximate surface area is 178 Å². The van der Waals surface area contributed by atoms with Crippen molar-refractivity contribution in [2.45, 2.75) is 46.1 Å². The highest BCUT2D eigenvalue weighted by Crippen LogP contribution is 2.39. The highest BCUT2D eigenvalue weighted by Gasteiger charge is 2.38. The Morgan fingerprint density at radius 2 is 1.96 bits per heavy atom. The van der Waals surface area contributed by atoms with Crippen molar-refractivity contribution in [3.8, 4) is 0 Å². The number of amides is 2. The molecule has 2 amide bonds.